The molecule has 0 amide bonds. The Morgan fingerprint density at radius 1 is 1.42 bits per heavy atom. The Labute approximate surface area is 84.1 Å². The number of nitrogens with zero attached hydrogens (tertiary/aromatic N) is 1. The van der Waals surface area contributed by atoms with Gasteiger partial charge in [0.05, 0.1) is 0 Å². The second-order valence-corrected chi connectivity index (χ2v) is 3.28. The third-order valence-electron chi connectivity index (χ3n) is 1.18. The molecule has 58 valence electrons. The fraction of sp³-hybridized carbons (Fsp3) is 0. The molecule has 0 bridgehead atoms. The predicted molar refractivity (Wildman–Crippen MR) is 51.6 cm³/mol. The summed E-state index contributed by atoms with van der Waals surface area (Å²) in [5.74, 6) is 4.96. The van der Waals surface area contributed by atoms with Crippen LogP contribution in [0.25, 0.3) is 0 Å². The zero-order valence-corrected chi connectivity index (χ0v) is 8.28. The van der Waals surface area contributed by atoms with Gasteiger partial charge in [-0.25, -0.2) is 0 Å². The van der Waals surface area contributed by atoms with Crippen LogP contribution >= 0.6 is 27.5 Å². The van der Waals surface area contributed by atoms with E-state index in [1.807, 2.05) is 0 Å². The molecule has 0 heterocycles. The lowest BCUT2D eigenvalue weighted by atomic mass is 10.2. The maximum Gasteiger partial charge on any atom is 0.152 e. The Balaban J connectivity index is 3.16. The highest BCUT2D eigenvalue weighted by molar-refractivity contribution is 9.10. The average molecular weight is 240 g/mol. The normalized spacial score (nSPS) is 8.08. The quantitative estimate of drug-likeness (QED) is 0.640. The van der Waals surface area contributed by atoms with Gasteiger partial charge in [0.2, 0.25) is 0 Å². The van der Waals surface area contributed by atoms with E-state index in [1.54, 1.807) is 24.3 Å². The van der Waals surface area contributed by atoms with E-state index in [1.165, 1.54) is 0 Å². The SMILES string of the molecule is N#CC#Cc1cc(Cl)ccc1Br. The Hall–Kier alpha value is -0.960. The summed E-state index contributed by atoms with van der Waals surface area (Å²) in [6, 6.07) is 6.99. The topological polar surface area (TPSA) is 23.8 Å². The highest BCUT2D eigenvalue weighted by atomic mass is 79.9. The molecule has 0 unspecified atom stereocenters. The number of nitriles is 1. The first-order valence-corrected chi connectivity index (χ1v) is 4.26. The molecule has 0 radical (unpaired) electrons. The second kappa shape index (κ2) is 4.16. The van der Waals surface area contributed by atoms with Gasteiger partial charge in [-0.1, -0.05) is 11.6 Å². The molecule has 1 rings (SSSR count). The van der Waals surface area contributed by atoms with Crippen LogP contribution in [0.1, 0.15) is 5.56 Å². The van der Waals surface area contributed by atoms with Crippen molar-refractivity contribution in [3.8, 4) is 17.9 Å². The molecule has 0 fully saturated rings. The Kier molecular flexibility index (Phi) is 3.17. The lowest BCUT2D eigenvalue weighted by Gasteiger charge is -1.94. The average Bonchev–Trinajstić information content (AvgIpc) is 2.07. The van der Waals surface area contributed by atoms with Crippen LogP contribution in [0.2, 0.25) is 5.02 Å². The van der Waals surface area contributed by atoms with Gasteiger partial charge in [0.15, 0.2) is 6.07 Å². The number of halogens is 2. The fourth-order valence-corrected chi connectivity index (χ4v) is 1.21. The van der Waals surface area contributed by atoms with Gasteiger partial charge < -0.3 is 0 Å². The van der Waals surface area contributed by atoms with Crippen LogP contribution in [-0.2, 0) is 0 Å². The van der Waals surface area contributed by atoms with Gasteiger partial charge in [0, 0.05) is 21.0 Å². The van der Waals surface area contributed by atoms with Gasteiger partial charge in [-0.15, -0.1) is 0 Å². The maximum absolute atomic E-state index is 8.22. The largest absolute Gasteiger partial charge is 0.183 e. The van der Waals surface area contributed by atoms with E-state index in [0.717, 1.165) is 10.0 Å². The Morgan fingerprint density at radius 2 is 2.17 bits per heavy atom. The molecule has 0 aliphatic carbocycles. The van der Waals surface area contributed by atoms with Crippen LogP contribution in [0, 0.1) is 23.2 Å². The van der Waals surface area contributed by atoms with E-state index in [2.05, 4.69) is 27.8 Å². The van der Waals surface area contributed by atoms with Gasteiger partial charge >= 0.3 is 0 Å². The molecule has 1 aromatic carbocycles. The highest BCUT2D eigenvalue weighted by Gasteiger charge is 1.96. The van der Waals surface area contributed by atoms with Gasteiger partial charge in [-0.05, 0) is 40.0 Å². The fourth-order valence-electron chi connectivity index (χ4n) is 0.689. The van der Waals surface area contributed by atoms with Crippen LogP contribution in [0.15, 0.2) is 22.7 Å². The van der Waals surface area contributed by atoms with Gasteiger partial charge in [-0.2, -0.15) is 5.26 Å². The minimum absolute atomic E-state index is 0.612. The van der Waals surface area contributed by atoms with E-state index in [0.29, 0.717) is 5.02 Å². The van der Waals surface area contributed by atoms with Crippen molar-refractivity contribution in [2.75, 3.05) is 0 Å². The molecule has 1 aromatic rings. The van der Waals surface area contributed by atoms with Crippen LogP contribution in [0.3, 0.4) is 0 Å². The third kappa shape index (κ3) is 2.27. The molecule has 0 saturated heterocycles. The molecule has 0 atom stereocenters. The number of hydrogen-bond donors (Lipinski definition) is 0. The van der Waals surface area contributed by atoms with Crippen molar-refractivity contribution in [3.63, 3.8) is 0 Å². The minimum atomic E-state index is 0.612. The first-order valence-electron chi connectivity index (χ1n) is 3.09. The van der Waals surface area contributed by atoms with Crippen LogP contribution < -0.4 is 0 Å². The van der Waals surface area contributed by atoms with Gasteiger partial charge in [-0.3, -0.25) is 0 Å². The van der Waals surface area contributed by atoms with Crippen LogP contribution in [0.4, 0.5) is 0 Å². The van der Waals surface area contributed by atoms with E-state index in [9.17, 15) is 0 Å². The van der Waals surface area contributed by atoms with Crippen molar-refractivity contribution < 1.29 is 0 Å². The summed E-state index contributed by atoms with van der Waals surface area (Å²) in [5, 5.41) is 8.83. The summed E-state index contributed by atoms with van der Waals surface area (Å²) in [4.78, 5) is 0. The standard InChI is InChI=1S/C9H3BrClN/c10-9-4-3-8(11)6-7(9)2-1-5-12/h3-4,6H. The lowest BCUT2D eigenvalue weighted by Crippen LogP contribution is -1.76. The van der Waals surface area contributed by atoms with Crippen molar-refractivity contribution in [3.05, 3.63) is 33.3 Å². The number of benzene rings is 1. The van der Waals surface area contributed by atoms with E-state index in [-0.39, 0.29) is 0 Å². The Bertz CT molecular complexity index is 395. The second-order valence-electron chi connectivity index (χ2n) is 1.99. The molecule has 0 saturated carbocycles. The zero-order chi connectivity index (χ0) is 8.97. The predicted octanol–water partition coefficient (Wildman–Crippen LogP) is 2.98. The molecule has 0 spiro atoms. The third-order valence-corrected chi connectivity index (χ3v) is 2.11. The first-order chi connectivity index (χ1) is 5.74. The number of hydrogen-bond acceptors (Lipinski definition) is 1. The van der Waals surface area contributed by atoms with Crippen molar-refractivity contribution in [2.45, 2.75) is 0 Å². The molecular weight excluding hydrogens is 237 g/mol. The van der Waals surface area contributed by atoms with Crippen LogP contribution in [-0.4, -0.2) is 0 Å². The molecule has 0 aliphatic heterocycles. The molecule has 0 aromatic heterocycles. The summed E-state index contributed by atoms with van der Waals surface area (Å²) in [6.07, 6.45) is 0. The van der Waals surface area contributed by atoms with E-state index < -0.39 is 0 Å². The summed E-state index contributed by atoms with van der Waals surface area (Å²) in [7, 11) is 0. The molecule has 12 heavy (non-hydrogen) atoms. The molecule has 0 aliphatic rings. The lowest BCUT2D eigenvalue weighted by molar-refractivity contribution is 1.54. The first kappa shape index (κ1) is 9.13. The number of rotatable bonds is 0. The molecule has 1 nitrogen and oxygen atoms in total. The van der Waals surface area contributed by atoms with Crippen LogP contribution in [0.5, 0.6) is 0 Å². The van der Waals surface area contributed by atoms with Crippen molar-refractivity contribution >= 4 is 27.5 Å². The van der Waals surface area contributed by atoms with Gasteiger partial charge in [0.1, 0.15) is 0 Å². The minimum Gasteiger partial charge on any atom is -0.183 e. The molecule has 0 N–H and O–H groups in total. The zero-order valence-electron chi connectivity index (χ0n) is 5.94. The van der Waals surface area contributed by atoms with E-state index in [4.69, 9.17) is 16.9 Å². The smallest absolute Gasteiger partial charge is 0.152 e. The van der Waals surface area contributed by atoms with Crippen molar-refractivity contribution in [1.82, 2.24) is 0 Å². The molecule has 3 heteroatoms. The summed E-state index contributed by atoms with van der Waals surface area (Å²) < 4.78 is 0.842. The summed E-state index contributed by atoms with van der Waals surface area (Å²) in [5.41, 5.74) is 0.726. The molecular formula is C9H3BrClN. The van der Waals surface area contributed by atoms with E-state index >= 15 is 0 Å². The van der Waals surface area contributed by atoms with Crippen molar-refractivity contribution in [1.29, 1.82) is 5.26 Å². The maximum atomic E-state index is 8.22. The Morgan fingerprint density at radius 3 is 2.83 bits per heavy atom. The van der Waals surface area contributed by atoms with Gasteiger partial charge in [0.25, 0.3) is 0 Å². The van der Waals surface area contributed by atoms with Crippen molar-refractivity contribution in [2.24, 2.45) is 0 Å². The monoisotopic (exact) mass is 239 g/mol. The summed E-state index contributed by atoms with van der Waals surface area (Å²) in [6.45, 7) is 0. The highest BCUT2D eigenvalue weighted by Crippen LogP contribution is 2.19. The summed E-state index contributed by atoms with van der Waals surface area (Å²) >= 11 is 9.01.